The van der Waals surface area contributed by atoms with Crippen molar-refractivity contribution >= 4 is 5.69 Å². The third kappa shape index (κ3) is 2.20. The number of ether oxygens (including phenoxy) is 2. The molecule has 3 nitrogen and oxygen atoms in total. The Kier molecular flexibility index (Phi) is 2.95. The predicted octanol–water partition coefficient (Wildman–Crippen LogP) is 2.31. The van der Waals surface area contributed by atoms with E-state index in [0.29, 0.717) is 32.0 Å². The molecule has 2 aliphatic rings. The van der Waals surface area contributed by atoms with E-state index in [0.717, 1.165) is 18.9 Å². The summed E-state index contributed by atoms with van der Waals surface area (Å²) in [5.41, 5.74) is 0.584. The zero-order chi connectivity index (χ0) is 12.6. The second-order valence-corrected chi connectivity index (χ2v) is 4.72. The van der Waals surface area contributed by atoms with Gasteiger partial charge in [0.2, 0.25) is 0 Å². The van der Waals surface area contributed by atoms with Crippen LogP contribution >= 0.6 is 0 Å². The van der Waals surface area contributed by atoms with Gasteiger partial charge in [-0.2, -0.15) is 0 Å². The molecule has 0 bridgehead atoms. The summed E-state index contributed by atoms with van der Waals surface area (Å²) in [6.07, 6.45) is 1.45. The van der Waals surface area contributed by atoms with Crippen LogP contribution in [0.5, 0.6) is 0 Å². The molecule has 0 aliphatic carbocycles. The smallest absolute Gasteiger partial charge is 0.171 e. The van der Waals surface area contributed by atoms with Crippen LogP contribution in [0.4, 0.5) is 14.5 Å². The van der Waals surface area contributed by atoms with Crippen LogP contribution in [0.2, 0.25) is 0 Å². The number of anilines is 1. The van der Waals surface area contributed by atoms with Crippen LogP contribution in [0, 0.1) is 11.6 Å². The molecular weight excluding hydrogens is 240 g/mol. The van der Waals surface area contributed by atoms with E-state index in [-0.39, 0.29) is 0 Å². The minimum absolute atomic E-state index is 0.456. The Hall–Kier alpha value is -1.20. The van der Waals surface area contributed by atoms with E-state index < -0.39 is 17.4 Å². The molecule has 1 aromatic carbocycles. The fourth-order valence-electron chi connectivity index (χ4n) is 2.61. The minimum atomic E-state index is -0.543. The lowest BCUT2D eigenvalue weighted by Crippen LogP contribution is -2.45. The molecule has 98 valence electrons. The maximum Gasteiger partial charge on any atom is 0.171 e. The Morgan fingerprint density at radius 1 is 0.944 bits per heavy atom. The molecular formula is C13H15F2NO2. The van der Waals surface area contributed by atoms with Crippen molar-refractivity contribution in [2.24, 2.45) is 0 Å². The van der Waals surface area contributed by atoms with Crippen LogP contribution in [0.25, 0.3) is 0 Å². The van der Waals surface area contributed by atoms with E-state index >= 15 is 0 Å². The zero-order valence-corrected chi connectivity index (χ0v) is 9.99. The molecule has 0 saturated carbocycles. The first-order valence-electron chi connectivity index (χ1n) is 6.16. The van der Waals surface area contributed by atoms with Gasteiger partial charge in [0.05, 0.1) is 13.2 Å². The van der Waals surface area contributed by atoms with Crippen LogP contribution < -0.4 is 4.90 Å². The molecule has 0 atom stereocenters. The summed E-state index contributed by atoms with van der Waals surface area (Å²) in [6.45, 7) is 2.63. The lowest BCUT2D eigenvalue weighted by Gasteiger charge is -2.38. The second kappa shape index (κ2) is 4.48. The summed E-state index contributed by atoms with van der Waals surface area (Å²) >= 11 is 0. The number of hydrogen-bond donors (Lipinski definition) is 0. The Balaban J connectivity index is 1.72. The number of rotatable bonds is 1. The molecule has 2 heterocycles. The fraction of sp³-hybridized carbons (Fsp3) is 0.538. The van der Waals surface area contributed by atoms with E-state index in [1.54, 1.807) is 0 Å². The lowest BCUT2D eigenvalue weighted by atomic mass is 10.0. The van der Waals surface area contributed by atoms with Crippen molar-refractivity contribution in [1.29, 1.82) is 0 Å². The molecule has 0 radical (unpaired) electrons. The average Bonchev–Trinajstić information content (AvgIpc) is 2.77. The number of nitrogens with zero attached hydrogens (tertiary/aromatic N) is 1. The van der Waals surface area contributed by atoms with Crippen molar-refractivity contribution in [1.82, 2.24) is 0 Å². The normalized spacial score (nSPS) is 22.7. The van der Waals surface area contributed by atoms with E-state index in [9.17, 15) is 8.78 Å². The van der Waals surface area contributed by atoms with Gasteiger partial charge in [-0.1, -0.05) is 0 Å². The summed E-state index contributed by atoms with van der Waals surface area (Å²) < 4.78 is 37.6. The Labute approximate surface area is 104 Å². The van der Waals surface area contributed by atoms with Crippen LogP contribution in [-0.2, 0) is 9.47 Å². The summed E-state index contributed by atoms with van der Waals surface area (Å²) in [4.78, 5) is 1.96. The van der Waals surface area contributed by atoms with Crippen molar-refractivity contribution in [2.75, 3.05) is 31.2 Å². The number of piperidine rings is 1. The third-order valence-electron chi connectivity index (χ3n) is 3.55. The highest BCUT2D eigenvalue weighted by molar-refractivity contribution is 5.47. The molecule has 2 fully saturated rings. The van der Waals surface area contributed by atoms with Crippen molar-refractivity contribution in [3.05, 3.63) is 29.8 Å². The SMILES string of the molecule is Fc1cc(F)cc(N2CCC3(CC2)OCCO3)c1. The Morgan fingerprint density at radius 2 is 1.50 bits per heavy atom. The third-order valence-corrected chi connectivity index (χ3v) is 3.55. The van der Waals surface area contributed by atoms with Gasteiger partial charge >= 0.3 is 0 Å². The molecule has 0 unspecified atom stereocenters. The highest BCUT2D eigenvalue weighted by Crippen LogP contribution is 2.33. The zero-order valence-electron chi connectivity index (χ0n) is 9.99. The highest BCUT2D eigenvalue weighted by atomic mass is 19.1. The van der Waals surface area contributed by atoms with Gasteiger partial charge in [0.25, 0.3) is 0 Å². The van der Waals surface area contributed by atoms with E-state index in [2.05, 4.69) is 0 Å². The standard InChI is InChI=1S/C13H15F2NO2/c14-10-7-11(15)9-12(8-10)16-3-1-13(2-4-16)17-5-6-18-13/h7-9H,1-6H2. The van der Waals surface area contributed by atoms with Crippen LogP contribution in [-0.4, -0.2) is 32.1 Å². The Morgan fingerprint density at radius 3 is 2.06 bits per heavy atom. The number of hydrogen-bond acceptors (Lipinski definition) is 3. The highest BCUT2D eigenvalue weighted by Gasteiger charge is 2.39. The summed E-state index contributed by atoms with van der Waals surface area (Å²) in [5.74, 6) is -1.54. The van der Waals surface area contributed by atoms with Crippen LogP contribution in [0.1, 0.15) is 12.8 Å². The maximum absolute atomic E-state index is 13.2. The van der Waals surface area contributed by atoms with Gasteiger partial charge in [-0.15, -0.1) is 0 Å². The van der Waals surface area contributed by atoms with Gasteiger partial charge in [0.1, 0.15) is 11.6 Å². The molecule has 0 amide bonds. The van der Waals surface area contributed by atoms with Gasteiger partial charge in [0.15, 0.2) is 5.79 Å². The maximum atomic E-state index is 13.2. The largest absolute Gasteiger partial charge is 0.371 e. The minimum Gasteiger partial charge on any atom is -0.371 e. The fourth-order valence-corrected chi connectivity index (χ4v) is 2.61. The molecule has 2 aliphatic heterocycles. The quantitative estimate of drug-likeness (QED) is 0.768. The molecule has 3 rings (SSSR count). The Bertz CT molecular complexity index is 416. The lowest BCUT2D eigenvalue weighted by molar-refractivity contribution is -0.169. The molecule has 2 saturated heterocycles. The van der Waals surface area contributed by atoms with Gasteiger partial charge in [0, 0.05) is 37.7 Å². The molecule has 18 heavy (non-hydrogen) atoms. The summed E-state index contributed by atoms with van der Waals surface area (Å²) in [7, 11) is 0. The summed E-state index contributed by atoms with van der Waals surface area (Å²) in [5, 5.41) is 0. The van der Waals surface area contributed by atoms with E-state index in [1.807, 2.05) is 4.90 Å². The number of benzene rings is 1. The van der Waals surface area contributed by atoms with E-state index in [4.69, 9.17) is 9.47 Å². The van der Waals surface area contributed by atoms with Crippen molar-refractivity contribution in [3.8, 4) is 0 Å². The van der Waals surface area contributed by atoms with Gasteiger partial charge in [-0.05, 0) is 12.1 Å². The monoisotopic (exact) mass is 255 g/mol. The first-order valence-corrected chi connectivity index (χ1v) is 6.16. The summed E-state index contributed by atoms with van der Waals surface area (Å²) in [6, 6.07) is 3.60. The predicted molar refractivity (Wildman–Crippen MR) is 62.4 cm³/mol. The molecule has 0 N–H and O–H groups in total. The second-order valence-electron chi connectivity index (χ2n) is 4.72. The van der Waals surface area contributed by atoms with E-state index in [1.165, 1.54) is 12.1 Å². The first-order chi connectivity index (χ1) is 8.67. The molecule has 1 spiro atoms. The van der Waals surface area contributed by atoms with Crippen molar-refractivity contribution < 1.29 is 18.3 Å². The van der Waals surface area contributed by atoms with Crippen LogP contribution in [0.3, 0.4) is 0 Å². The molecule has 1 aromatic rings. The van der Waals surface area contributed by atoms with Gasteiger partial charge in [-0.25, -0.2) is 8.78 Å². The van der Waals surface area contributed by atoms with Gasteiger partial charge in [-0.3, -0.25) is 0 Å². The van der Waals surface area contributed by atoms with Crippen molar-refractivity contribution in [2.45, 2.75) is 18.6 Å². The van der Waals surface area contributed by atoms with Crippen LogP contribution in [0.15, 0.2) is 18.2 Å². The first kappa shape index (κ1) is 11.9. The number of halogens is 2. The molecule has 5 heteroatoms. The molecule has 0 aromatic heterocycles. The van der Waals surface area contributed by atoms with Gasteiger partial charge < -0.3 is 14.4 Å². The average molecular weight is 255 g/mol. The topological polar surface area (TPSA) is 21.7 Å². The van der Waals surface area contributed by atoms with Crippen molar-refractivity contribution in [3.63, 3.8) is 0 Å².